The van der Waals surface area contributed by atoms with Gasteiger partial charge in [0.2, 0.25) is 0 Å². The van der Waals surface area contributed by atoms with Gasteiger partial charge in [-0.2, -0.15) is 11.8 Å². The first kappa shape index (κ1) is 15.9. The second-order valence-corrected chi connectivity index (χ2v) is 5.68. The third kappa shape index (κ3) is 4.78. The van der Waals surface area contributed by atoms with Gasteiger partial charge in [-0.3, -0.25) is 4.79 Å². The summed E-state index contributed by atoms with van der Waals surface area (Å²) >= 11 is 1.75. The Morgan fingerprint density at radius 1 is 1.42 bits per heavy atom. The molecular weight excluding hydrogens is 256 g/mol. The summed E-state index contributed by atoms with van der Waals surface area (Å²) in [5.41, 5.74) is 2.83. The molecule has 0 aliphatic carbocycles. The van der Waals surface area contributed by atoms with Crippen LogP contribution in [0.25, 0.3) is 0 Å². The van der Waals surface area contributed by atoms with E-state index in [9.17, 15) is 4.79 Å². The van der Waals surface area contributed by atoms with Crippen LogP contribution >= 0.6 is 11.8 Å². The summed E-state index contributed by atoms with van der Waals surface area (Å²) in [6.07, 6.45) is 3.10. The second kappa shape index (κ2) is 8.10. The molecule has 3 nitrogen and oxygen atoms in total. The van der Waals surface area contributed by atoms with E-state index < -0.39 is 0 Å². The van der Waals surface area contributed by atoms with Crippen LogP contribution < -0.4 is 5.32 Å². The zero-order valence-corrected chi connectivity index (χ0v) is 13.1. The van der Waals surface area contributed by atoms with Crippen LogP contribution in [0.4, 0.5) is 5.69 Å². The van der Waals surface area contributed by atoms with Gasteiger partial charge in [0.05, 0.1) is 5.56 Å². The maximum absolute atomic E-state index is 12.5. The molecule has 0 unspecified atom stereocenters. The van der Waals surface area contributed by atoms with E-state index in [4.69, 9.17) is 0 Å². The van der Waals surface area contributed by atoms with Crippen LogP contribution in [0.3, 0.4) is 0 Å². The van der Waals surface area contributed by atoms with Crippen molar-refractivity contribution in [2.45, 2.75) is 20.3 Å². The quantitative estimate of drug-likeness (QED) is 0.832. The van der Waals surface area contributed by atoms with Crippen LogP contribution in [0.2, 0.25) is 0 Å². The number of rotatable bonds is 7. The lowest BCUT2D eigenvalue weighted by molar-refractivity contribution is 0.0804. The van der Waals surface area contributed by atoms with Crippen molar-refractivity contribution in [3.8, 4) is 0 Å². The first-order valence-electron chi connectivity index (χ1n) is 6.69. The van der Waals surface area contributed by atoms with Crippen molar-refractivity contribution in [1.82, 2.24) is 4.90 Å². The fraction of sp³-hybridized carbons (Fsp3) is 0.533. The van der Waals surface area contributed by atoms with Crippen LogP contribution in [-0.4, -0.2) is 43.0 Å². The molecule has 0 fully saturated rings. The van der Waals surface area contributed by atoms with Gasteiger partial charge in [-0.25, -0.2) is 0 Å². The largest absolute Gasteiger partial charge is 0.384 e. The lowest BCUT2D eigenvalue weighted by atomic mass is 10.1. The van der Waals surface area contributed by atoms with Gasteiger partial charge in [-0.1, -0.05) is 18.6 Å². The van der Waals surface area contributed by atoms with Gasteiger partial charge >= 0.3 is 0 Å². The fourth-order valence-corrected chi connectivity index (χ4v) is 2.24. The van der Waals surface area contributed by atoms with Crippen molar-refractivity contribution < 1.29 is 4.79 Å². The molecule has 1 aromatic carbocycles. The highest BCUT2D eigenvalue weighted by Crippen LogP contribution is 2.19. The minimum absolute atomic E-state index is 0.0938. The van der Waals surface area contributed by atoms with E-state index in [1.165, 1.54) is 0 Å². The number of nitrogens with zero attached hydrogens (tertiary/aromatic N) is 1. The van der Waals surface area contributed by atoms with Crippen molar-refractivity contribution in [3.05, 3.63) is 29.3 Å². The molecule has 4 heteroatoms. The number of aryl methyl sites for hydroxylation is 1. The Labute approximate surface area is 120 Å². The highest BCUT2D eigenvalue weighted by atomic mass is 32.2. The minimum Gasteiger partial charge on any atom is -0.384 e. The monoisotopic (exact) mass is 280 g/mol. The molecule has 0 saturated heterocycles. The van der Waals surface area contributed by atoms with Gasteiger partial charge in [0.15, 0.2) is 0 Å². The standard InChI is InChI=1S/C15H24N2OS/c1-5-8-16-14-7-6-12(2)11-13(14)15(18)17(3)9-10-19-4/h6-7,11,16H,5,8-10H2,1-4H3. The maximum atomic E-state index is 12.5. The van der Waals surface area contributed by atoms with Gasteiger partial charge in [0, 0.05) is 31.6 Å². The summed E-state index contributed by atoms with van der Waals surface area (Å²) in [4.78, 5) is 14.3. The molecule has 0 atom stereocenters. The maximum Gasteiger partial charge on any atom is 0.255 e. The number of hydrogen-bond donors (Lipinski definition) is 1. The molecule has 0 spiro atoms. The molecule has 0 heterocycles. The van der Waals surface area contributed by atoms with Crippen LogP contribution in [0.15, 0.2) is 18.2 Å². The lowest BCUT2D eigenvalue weighted by Crippen LogP contribution is -2.29. The number of nitrogens with one attached hydrogen (secondary N) is 1. The van der Waals surface area contributed by atoms with Crippen molar-refractivity contribution in [3.63, 3.8) is 0 Å². The van der Waals surface area contributed by atoms with Crippen molar-refractivity contribution >= 4 is 23.4 Å². The Morgan fingerprint density at radius 2 is 2.16 bits per heavy atom. The normalized spacial score (nSPS) is 10.3. The van der Waals surface area contributed by atoms with E-state index in [0.717, 1.165) is 42.1 Å². The molecule has 1 N–H and O–H groups in total. The van der Waals surface area contributed by atoms with Crippen LogP contribution in [0.1, 0.15) is 29.3 Å². The number of amides is 1. The van der Waals surface area contributed by atoms with Crippen molar-refractivity contribution in [2.24, 2.45) is 0 Å². The summed E-state index contributed by atoms with van der Waals surface area (Å²) in [6.45, 7) is 5.80. The fourth-order valence-electron chi connectivity index (χ4n) is 1.78. The van der Waals surface area contributed by atoms with Gasteiger partial charge in [0.25, 0.3) is 5.91 Å². The summed E-state index contributed by atoms with van der Waals surface area (Å²) < 4.78 is 0. The summed E-state index contributed by atoms with van der Waals surface area (Å²) in [5, 5.41) is 3.33. The number of carbonyl (C=O) groups excluding carboxylic acids is 1. The number of benzene rings is 1. The van der Waals surface area contributed by atoms with Crippen molar-refractivity contribution in [2.75, 3.05) is 37.5 Å². The molecule has 0 radical (unpaired) electrons. The molecule has 0 saturated carbocycles. The van der Waals surface area contributed by atoms with Crippen molar-refractivity contribution in [1.29, 1.82) is 0 Å². The Kier molecular flexibility index (Phi) is 6.78. The zero-order chi connectivity index (χ0) is 14.3. The molecule has 106 valence electrons. The number of carbonyl (C=O) groups is 1. The van der Waals surface area contributed by atoms with Gasteiger partial charge in [-0.05, 0) is 31.7 Å². The molecule has 0 aliphatic heterocycles. The van der Waals surface area contributed by atoms with Crippen LogP contribution in [0, 0.1) is 6.92 Å². The number of hydrogen-bond acceptors (Lipinski definition) is 3. The summed E-state index contributed by atoms with van der Waals surface area (Å²) in [7, 11) is 1.87. The number of anilines is 1. The molecule has 1 amide bonds. The Hall–Kier alpha value is -1.16. The van der Waals surface area contributed by atoms with E-state index in [1.54, 1.807) is 16.7 Å². The number of thioether (sulfide) groups is 1. The van der Waals surface area contributed by atoms with E-state index in [-0.39, 0.29) is 5.91 Å². The molecule has 19 heavy (non-hydrogen) atoms. The highest BCUT2D eigenvalue weighted by Gasteiger charge is 2.15. The van der Waals surface area contributed by atoms with Crippen LogP contribution in [0.5, 0.6) is 0 Å². The first-order chi connectivity index (χ1) is 9.10. The van der Waals surface area contributed by atoms with E-state index in [1.807, 2.05) is 32.2 Å². The molecule has 0 aliphatic rings. The van der Waals surface area contributed by atoms with E-state index in [0.29, 0.717) is 0 Å². The third-order valence-electron chi connectivity index (χ3n) is 2.95. The summed E-state index contributed by atoms with van der Waals surface area (Å²) in [6, 6.07) is 6.01. The average molecular weight is 280 g/mol. The SMILES string of the molecule is CCCNc1ccc(C)cc1C(=O)N(C)CCSC. The lowest BCUT2D eigenvalue weighted by Gasteiger charge is -2.19. The highest BCUT2D eigenvalue weighted by molar-refractivity contribution is 7.98. The smallest absolute Gasteiger partial charge is 0.255 e. The molecule has 0 bridgehead atoms. The third-order valence-corrected chi connectivity index (χ3v) is 3.54. The molecule has 0 aromatic heterocycles. The molecule has 1 aromatic rings. The van der Waals surface area contributed by atoms with Gasteiger partial charge < -0.3 is 10.2 Å². The average Bonchev–Trinajstić information content (AvgIpc) is 2.42. The van der Waals surface area contributed by atoms with Gasteiger partial charge in [-0.15, -0.1) is 0 Å². The Morgan fingerprint density at radius 3 is 2.79 bits per heavy atom. The van der Waals surface area contributed by atoms with Gasteiger partial charge in [0.1, 0.15) is 0 Å². The predicted molar refractivity (Wildman–Crippen MR) is 85.3 cm³/mol. The zero-order valence-electron chi connectivity index (χ0n) is 12.3. The predicted octanol–water partition coefficient (Wildman–Crippen LogP) is 3.25. The Bertz CT molecular complexity index is 421. The summed E-state index contributed by atoms with van der Waals surface area (Å²) in [5.74, 6) is 1.06. The molecular formula is C15H24N2OS. The Balaban J connectivity index is 2.89. The molecule has 1 rings (SSSR count). The minimum atomic E-state index is 0.0938. The second-order valence-electron chi connectivity index (χ2n) is 4.70. The van der Waals surface area contributed by atoms with Crippen LogP contribution in [-0.2, 0) is 0 Å². The van der Waals surface area contributed by atoms with E-state index >= 15 is 0 Å². The topological polar surface area (TPSA) is 32.3 Å². The first-order valence-corrected chi connectivity index (χ1v) is 8.08. The van der Waals surface area contributed by atoms with E-state index in [2.05, 4.69) is 18.5 Å².